The summed E-state index contributed by atoms with van der Waals surface area (Å²) in [7, 11) is 0. The molecule has 0 aliphatic carbocycles. The van der Waals surface area contributed by atoms with E-state index in [2.05, 4.69) is 32.0 Å². The first-order valence-electron chi connectivity index (χ1n) is 6.35. The Morgan fingerprint density at radius 3 is 2.44 bits per heavy atom. The Morgan fingerprint density at radius 1 is 1.28 bits per heavy atom. The Labute approximate surface area is 110 Å². The summed E-state index contributed by atoms with van der Waals surface area (Å²) in [4.78, 5) is 0. The molecule has 0 heterocycles. The number of hydrogen-bond donors (Lipinski definition) is 1. The van der Waals surface area contributed by atoms with Crippen molar-refractivity contribution in [2.75, 3.05) is 6.61 Å². The van der Waals surface area contributed by atoms with Crippen LogP contribution in [0.2, 0.25) is 0 Å². The van der Waals surface area contributed by atoms with Crippen molar-refractivity contribution in [2.45, 2.75) is 45.6 Å². The molecular weight excluding hydrogens is 224 g/mol. The highest BCUT2D eigenvalue weighted by Gasteiger charge is 2.15. The van der Waals surface area contributed by atoms with Crippen LogP contribution in [-0.4, -0.2) is 12.1 Å². The van der Waals surface area contributed by atoms with Crippen LogP contribution in [0.5, 0.6) is 5.75 Å². The van der Waals surface area contributed by atoms with Crippen LogP contribution >= 0.6 is 0 Å². The second kappa shape index (κ2) is 6.42. The molecule has 0 saturated heterocycles. The van der Waals surface area contributed by atoms with Crippen molar-refractivity contribution in [3.63, 3.8) is 0 Å². The highest BCUT2D eigenvalue weighted by molar-refractivity contribution is 5.39. The SMILES string of the molecule is Cc1cccc(C)c1OCCCCC(C)(N)C#N. The number of aryl methyl sites for hydroxylation is 2. The Kier molecular flexibility index (Phi) is 5.18. The van der Waals surface area contributed by atoms with Gasteiger partial charge in [-0.2, -0.15) is 5.26 Å². The highest BCUT2D eigenvalue weighted by atomic mass is 16.5. The molecule has 0 radical (unpaired) electrons. The second-order valence-electron chi connectivity index (χ2n) is 5.06. The molecule has 1 aromatic rings. The van der Waals surface area contributed by atoms with E-state index in [4.69, 9.17) is 15.7 Å². The molecular formula is C15H22N2O. The molecule has 0 fully saturated rings. The van der Waals surface area contributed by atoms with Crippen LogP contribution in [0.25, 0.3) is 0 Å². The van der Waals surface area contributed by atoms with E-state index >= 15 is 0 Å². The summed E-state index contributed by atoms with van der Waals surface area (Å²) in [6.45, 7) is 6.54. The Morgan fingerprint density at radius 2 is 1.89 bits per heavy atom. The van der Waals surface area contributed by atoms with Crippen LogP contribution in [0, 0.1) is 25.2 Å². The zero-order valence-electron chi connectivity index (χ0n) is 11.5. The van der Waals surface area contributed by atoms with Crippen molar-refractivity contribution >= 4 is 0 Å². The molecule has 18 heavy (non-hydrogen) atoms. The van der Waals surface area contributed by atoms with Gasteiger partial charge in [0, 0.05) is 0 Å². The molecule has 1 unspecified atom stereocenters. The standard InChI is InChI=1S/C15H22N2O/c1-12-7-6-8-13(2)14(12)18-10-5-4-9-15(3,17)11-16/h6-8H,4-5,9-10,17H2,1-3H3. The van der Waals surface area contributed by atoms with Gasteiger partial charge in [-0.05, 0) is 51.2 Å². The molecule has 0 bridgehead atoms. The third-order valence-corrected chi connectivity index (χ3v) is 3.00. The summed E-state index contributed by atoms with van der Waals surface area (Å²) >= 11 is 0. The number of unbranched alkanes of at least 4 members (excludes halogenated alkanes) is 1. The molecule has 1 rings (SSSR count). The van der Waals surface area contributed by atoms with Gasteiger partial charge in [0.15, 0.2) is 0 Å². The number of nitrogens with two attached hydrogens (primary N) is 1. The third-order valence-electron chi connectivity index (χ3n) is 3.00. The maximum Gasteiger partial charge on any atom is 0.125 e. The molecule has 0 aromatic heterocycles. The zero-order valence-corrected chi connectivity index (χ0v) is 11.5. The molecule has 3 heteroatoms. The van der Waals surface area contributed by atoms with Crippen molar-refractivity contribution in [3.8, 4) is 11.8 Å². The molecule has 0 amide bonds. The monoisotopic (exact) mass is 246 g/mol. The van der Waals surface area contributed by atoms with Gasteiger partial charge in [0.05, 0.1) is 12.7 Å². The van der Waals surface area contributed by atoms with Gasteiger partial charge in [-0.3, -0.25) is 0 Å². The highest BCUT2D eigenvalue weighted by Crippen LogP contribution is 2.22. The fourth-order valence-electron chi connectivity index (χ4n) is 1.85. The number of hydrogen-bond acceptors (Lipinski definition) is 3. The Bertz CT molecular complexity index is 412. The van der Waals surface area contributed by atoms with Crippen LogP contribution in [0.3, 0.4) is 0 Å². The lowest BCUT2D eigenvalue weighted by Gasteiger charge is -2.15. The summed E-state index contributed by atoms with van der Waals surface area (Å²) in [5.74, 6) is 0.980. The lowest BCUT2D eigenvalue weighted by molar-refractivity contribution is 0.297. The second-order valence-corrected chi connectivity index (χ2v) is 5.06. The molecule has 0 spiro atoms. The first-order valence-corrected chi connectivity index (χ1v) is 6.35. The van der Waals surface area contributed by atoms with Gasteiger partial charge < -0.3 is 10.5 Å². The van der Waals surface area contributed by atoms with Crippen molar-refractivity contribution in [3.05, 3.63) is 29.3 Å². The topological polar surface area (TPSA) is 59.0 Å². The smallest absolute Gasteiger partial charge is 0.125 e. The summed E-state index contributed by atoms with van der Waals surface area (Å²) < 4.78 is 5.79. The van der Waals surface area contributed by atoms with Crippen molar-refractivity contribution in [1.29, 1.82) is 5.26 Å². The average molecular weight is 246 g/mol. The number of nitriles is 1. The molecule has 3 nitrogen and oxygen atoms in total. The number of ether oxygens (including phenoxy) is 1. The first kappa shape index (κ1) is 14.5. The van der Waals surface area contributed by atoms with Crippen molar-refractivity contribution < 1.29 is 4.74 Å². The average Bonchev–Trinajstić information content (AvgIpc) is 2.32. The predicted molar refractivity (Wildman–Crippen MR) is 73.5 cm³/mol. The first-order chi connectivity index (χ1) is 8.46. The number of benzene rings is 1. The zero-order chi connectivity index (χ0) is 13.6. The van der Waals surface area contributed by atoms with E-state index < -0.39 is 5.54 Å². The fourth-order valence-corrected chi connectivity index (χ4v) is 1.85. The van der Waals surface area contributed by atoms with Gasteiger partial charge in [-0.25, -0.2) is 0 Å². The molecule has 0 aliphatic rings. The van der Waals surface area contributed by atoms with Crippen LogP contribution in [0.1, 0.15) is 37.3 Å². The van der Waals surface area contributed by atoms with Gasteiger partial charge in [0.1, 0.15) is 11.3 Å². The molecule has 1 atom stereocenters. The maximum atomic E-state index is 8.80. The largest absolute Gasteiger partial charge is 0.493 e. The van der Waals surface area contributed by atoms with Gasteiger partial charge >= 0.3 is 0 Å². The lowest BCUT2D eigenvalue weighted by Crippen LogP contribution is -2.33. The van der Waals surface area contributed by atoms with Gasteiger partial charge in [-0.1, -0.05) is 18.2 Å². The molecule has 2 N–H and O–H groups in total. The van der Waals surface area contributed by atoms with E-state index in [-0.39, 0.29) is 0 Å². The minimum Gasteiger partial charge on any atom is -0.493 e. The lowest BCUT2D eigenvalue weighted by atomic mass is 9.98. The van der Waals surface area contributed by atoms with Gasteiger partial charge in [0.25, 0.3) is 0 Å². The van der Waals surface area contributed by atoms with Crippen LogP contribution < -0.4 is 10.5 Å². The third kappa shape index (κ3) is 4.38. The minimum atomic E-state index is -0.710. The van der Waals surface area contributed by atoms with Gasteiger partial charge in [0.2, 0.25) is 0 Å². The summed E-state index contributed by atoms with van der Waals surface area (Å²) in [6.07, 6.45) is 2.54. The van der Waals surface area contributed by atoms with E-state index in [9.17, 15) is 0 Å². The fraction of sp³-hybridized carbons (Fsp3) is 0.533. The van der Waals surface area contributed by atoms with E-state index in [1.165, 1.54) is 0 Å². The van der Waals surface area contributed by atoms with E-state index in [1.54, 1.807) is 6.92 Å². The van der Waals surface area contributed by atoms with Gasteiger partial charge in [-0.15, -0.1) is 0 Å². The molecule has 98 valence electrons. The van der Waals surface area contributed by atoms with E-state index in [0.717, 1.165) is 29.7 Å². The van der Waals surface area contributed by atoms with Crippen molar-refractivity contribution in [1.82, 2.24) is 0 Å². The number of para-hydroxylation sites is 1. The number of nitrogens with zero attached hydrogens (tertiary/aromatic N) is 1. The number of rotatable bonds is 6. The van der Waals surface area contributed by atoms with Crippen LogP contribution in [0.15, 0.2) is 18.2 Å². The minimum absolute atomic E-state index is 0.674. The van der Waals surface area contributed by atoms with Crippen LogP contribution in [-0.2, 0) is 0 Å². The van der Waals surface area contributed by atoms with E-state index in [0.29, 0.717) is 13.0 Å². The summed E-state index contributed by atoms with van der Waals surface area (Å²) in [5, 5.41) is 8.80. The molecule has 0 saturated carbocycles. The predicted octanol–water partition coefficient (Wildman–Crippen LogP) is 3.09. The molecule has 0 aliphatic heterocycles. The Balaban J connectivity index is 2.33. The van der Waals surface area contributed by atoms with Crippen molar-refractivity contribution in [2.24, 2.45) is 5.73 Å². The normalized spacial score (nSPS) is 13.7. The summed E-state index contributed by atoms with van der Waals surface area (Å²) in [5.41, 5.74) is 7.37. The van der Waals surface area contributed by atoms with E-state index in [1.807, 2.05) is 6.07 Å². The maximum absolute atomic E-state index is 8.80. The van der Waals surface area contributed by atoms with Crippen LogP contribution in [0.4, 0.5) is 0 Å². The summed E-state index contributed by atoms with van der Waals surface area (Å²) in [6, 6.07) is 8.24. The Hall–Kier alpha value is -1.53. The molecule has 1 aromatic carbocycles. The quantitative estimate of drug-likeness (QED) is 0.785.